The van der Waals surface area contributed by atoms with Crippen LogP contribution in [0, 0.1) is 12.8 Å². The molecule has 0 radical (unpaired) electrons. The summed E-state index contributed by atoms with van der Waals surface area (Å²) >= 11 is 0. The van der Waals surface area contributed by atoms with E-state index in [0.717, 1.165) is 17.6 Å². The molecule has 0 aliphatic heterocycles. The molecule has 2 rings (SSSR count). The molecule has 1 fully saturated rings. The molecule has 0 unspecified atom stereocenters. The van der Waals surface area contributed by atoms with E-state index in [1.54, 1.807) is 0 Å². The Morgan fingerprint density at radius 2 is 2.06 bits per heavy atom. The lowest BCUT2D eigenvalue weighted by molar-refractivity contribution is 0.318. The van der Waals surface area contributed by atoms with Crippen LogP contribution in [-0.4, -0.2) is 15.6 Å². The van der Waals surface area contributed by atoms with Gasteiger partial charge in [0.15, 0.2) is 0 Å². The highest BCUT2D eigenvalue weighted by Crippen LogP contribution is 2.29. The van der Waals surface area contributed by atoms with Gasteiger partial charge < -0.3 is 9.88 Å². The van der Waals surface area contributed by atoms with Crippen LogP contribution in [0.2, 0.25) is 0 Å². The van der Waals surface area contributed by atoms with Gasteiger partial charge in [0.2, 0.25) is 5.95 Å². The molecule has 1 saturated carbocycles. The molecule has 3 heteroatoms. The SMILES string of the molecule is CCCC1CCC(Nc2nc(C)cn2C)CC1. The second kappa shape index (κ2) is 5.56. The van der Waals surface area contributed by atoms with Crippen molar-refractivity contribution in [2.24, 2.45) is 13.0 Å². The van der Waals surface area contributed by atoms with Crippen LogP contribution in [0.25, 0.3) is 0 Å². The number of hydrogen-bond acceptors (Lipinski definition) is 2. The van der Waals surface area contributed by atoms with Gasteiger partial charge in [0.05, 0.1) is 5.69 Å². The van der Waals surface area contributed by atoms with Crippen LogP contribution in [0.1, 0.15) is 51.1 Å². The normalized spacial score (nSPS) is 24.9. The monoisotopic (exact) mass is 235 g/mol. The third kappa shape index (κ3) is 3.24. The van der Waals surface area contributed by atoms with E-state index < -0.39 is 0 Å². The smallest absolute Gasteiger partial charge is 0.202 e. The van der Waals surface area contributed by atoms with E-state index in [2.05, 4.69) is 35.0 Å². The van der Waals surface area contributed by atoms with Crippen molar-refractivity contribution in [1.29, 1.82) is 0 Å². The Morgan fingerprint density at radius 1 is 1.35 bits per heavy atom. The first-order valence-corrected chi connectivity index (χ1v) is 6.95. The molecule has 0 bridgehead atoms. The Morgan fingerprint density at radius 3 is 2.59 bits per heavy atom. The molecule has 96 valence electrons. The third-order valence-corrected chi connectivity index (χ3v) is 3.87. The lowest BCUT2D eigenvalue weighted by Gasteiger charge is -2.29. The van der Waals surface area contributed by atoms with Gasteiger partial charge in [-0.15, -0.1) is 0 Å². The van der Waals surface area contributed by atoms with Crippen molar-refractivity contribution in [3.05, 3.63) is 11.9 Å². The van der Waals surface area contributed by atoms with E-state index in [0.29, 0.717) is 6.04 Å². The number of rotatable bonds is 4. The van der Waals surface area contributed by atoms with Crippen molar-refractivity contribution in [2.75, 3.05) is 5.32 Å². The molecule has 17 heavy (non-hydrogen) atoms. The minimum atomic E-state index is 0.628. The van der Waals surface area contributed by atoms with Crippen LogP contribution < -0.4 is 5.32 Å². The van der Waals surface area contributed by atoms with Crippen LogP contribution in [0.5, 0.6) is 0 Å². The average Bonchev–Trinajstić information content (AvgIpc) is 2.61. The fourth-order valence-corrected chi connectivity index (χ4v) is 2.94. The Bertz CT molecular complexity index is 348. The van der Waals surface area contributed by atoms with Crippen molar-refractivity contribution in [2.45, 2.75) is 58.4 Å². The molecule has 1 aliphatic rings. The van der Waals surface area contributed by atoms with Crippen LogP contribution in [0.4, 0.5) is 5.95 Å². The molecule has 0 saturated heterocycles. The first-order valence-electron chi connectivity index (χ1n) is 6.95. The van der Waals surface area contributed by atoms with Gasteiger partial charge in [0, 0.05) is 19.3 Å². The zero-order chi connectivity index (χ0) is 12.3. The summed E-state index contributed by atoms with van der Waals surface area (Å²) in [5, 5.41) is 3.58. The van der Waals surface area contributed by atoms with Gasteiger partial charge in [0.1, 0.15) is 0 Å². The standard InChI is InChI=1S/C14H25N3/c1-4-5-12-6-8-13(9-7-12)16-14-15-11(2)10-17(14)3/h10,12-13H,4-9H2,1-3H3,(H,15,16). The second-order valence-corrected chi connectivity index (χ2v) is 5.47. The molecule has 0 atom stereocenters. The number of imidazole rings is 1. The molecule has 0 amide bonds. The molecular formula is C14H25N3. The Hall–Kier alpha value is -0.990. The fraction of sp³-hybridized carbons (Fsp3) is 0.786. The highest BCUT2D eigenvalue weighted by Gasteiger charge is 2.21. The van der Waals surface area contributed by atoms with E-state index >= 15 is 0 Å². The van der Waals surface area contributed by atoms with Gasteiger partial charge in [-0.1, -0.05) is 19.8 Å². The first kappa shape index (κ1) is 12.5. The predicted octanol–water partition coefficient (Wildman–Crippen LogP) is 3.50. The van der Waals surface area contributed by atoms with Crippen molar-refractivity contribution >= 4 is 5.95 Å². The average molecular weight is 235 g/mol. The van der Waals surface area contributed by atoms with Crippen molar-refractivity contribution in [3.63, 3.8) is 0 Å². The zero-order valence-corrected chi connectivity index (χ0v) is 11.4. The largest absolute Gasteiger partial charge is 0.353 e. The summed E-state index contributed by atoms with van der Waals surface area (Å²) in [4.78, 5) is 4.51. The number of hydrogen-bond donors (Lipinski definition) is 1. The van der Waals surface area contributed by atoms with Gasteiger partial charge >= 0.3 is 0 Å². The summed E-state index contributed by atoms with van der Waals surface area (Å²) < 4.78 is 2.09. The lowest BCUT2D eigenvalue weighted by Crippen LogP contribution is -2.27. The number of nitrogens with zero attached hydrogens (tertiary/aromatic N) is 2. The molecule has 1 aliphatic carbocycles. The Labute approximate surface area is 105 Å². The van der Waals surface area contributed by atoms with Gasteiger partial charge in [-0.05, 0) is 38.5 Å². The molecule has 1 aromatic rings. The summed E-state index contributed by atoms with van der Waals surface area (Å²) in [6.07, 6.45) is 10.2. The van der Waals surface area contributed by atoms with Crippen LogP contribution in [0.15, 0.2) is 6.20 Å². The highest BCUT2D eigenvalue weighted by atomic mass is 15.2. The van der Waals surface area contributed by atoms with Gasteiger partial charge in [-0.2, -0.15) is 0 Å². The van der Waals surface area contributed by atoms with Crippen LogP contribution in [-0.2, 0) is 7.05 Å². The minimum Gasteiger partial charge on any atom is -0.353 e. The molecular weight excluding hydrogens is 210 g/mol. The fourth-order valence-electron chi connectivity index (χ4n) is 2.94. The first-order chi connectivity index (χ1) is 8.19. The maximum absolute atomic E-state index is 4.51. The van der Waals surface area contributed by atoms with Gasteiger partial charge in [0.25, 0.3) is 0 Å². The third-order valence-electron chi connectivity index (χ3n) is 3.87. The van der Waals surface area contributed by atoms with E-state index in [1.165, 1.54) is 38.5 Å². The molecule has 0 spiro atoms. The quantitative estimate of drug-likeness (QED) is 0.865. The van der Waals surface area contributed by atoms with Crippen LogP contribution >= 0.6 is 0 Å². The van der Waals surface area contributed by atoms with E-state index in [-0.39, 0.29) is 0 Å². The molecule has 1 aromatic heterocycles. The number of nitrogens with one attached hydrogen (secondary N) is 1. The predicted molar refractivity (Wildman–Crippen MR) is 72.2 cm³/mol. The zero-order valence-electron chi connectivity index (χ0n) is 11.4. The number of aromatic nitrogens is 2. The summed E-state index contributed by atoms with van der Waals surface area (Å²) in [5.41, 5.74) is 1.09. The number of aryl methyl sites for hydroxylation is 2. The maximum Gasteiger partial charge on any atom is 0.202 e. The van der Waals surface area contributed by atoms with Crippen molar-refractivity contribution in [1.82, 2.24) is 9.55 Å². The van der Waals surface area contributed by atoms with E-state index in [1.807, 2.05) is 6.92 Å². The van der Waals surface area contributed by atoms with E-state index in [9.17, 15) is 0 Å². The molecule has 0 aromatic carbocycles. The van der Waals surface area contributed by atoms with Crippen LogP contribution in [0.3, 0.4) is 0 Å². The summed E-state index contributed by atoms with van der Waals surface area (Å²) in [5.74, 6) is 2.00. The Balaban J connectivity index is 1.84. The Kier molecular flexibility index (Phi) is 4.08. The second-order valence-electron chi connectivity index (χ2n) is 5.47. The van der Waals surface area contributed by atoms with Crippen molar-refractivity contribution < 1.29 is 0 Å². The summed E-state index contributed by atoms with van der Waals surface area (Å²) in [6.45, 7) is 4.34. The van der Waals surface area contributed by atoms with E-state index in [4.69, 9.17) is 0 Å². The van der Waals surface area contributed by atoms with Crippen molar-refractivity contribution in [3.8, 4) is 0 Å². The molecule has 3 nitrogen and oxygen atoms in total. The molecule has 1 N–H and O–H groups in total. The molecule has 1 heterocycles. The number of anilines is 1. The lowest BCUT2D eigenvalue weighted by atomic mass is 9.83. The summed E-state index contributed by atoms with van der Waals surface area (Å²) in [6, 6.07) is 0.628. The highest BCUT2D eigenvalue weighted by molar-refractivity contribution is 5.29. The maximum atomic E-state index is 4.51. The summed E-state index contributed by atoms with van der Waals surface area (Å²) in [7, 11) is 2.06. The van der Waals surface area contributed by atoms with Gasteiger partial charge in [-0.3, -0.25) is 0 Å². The minimum absolute atomic E-state index is 0.628. The van der Waals surface area contributed by atoms with Gasteiger partial charge in [-0.25, -0.2) is 4.98 Å². The topological polar surface area (TPSA) is 29.9 Å².